The normalized spacial score (nSPS) is 18.1. The lowest BCUT2D eigenvalue weighted by Crippen LogP contribution is -2.30. The van der Waals surface area contributed by atoms with Crippen LogP contribution < -0.4 is 5.32 Å². The van der Waals surface area contributed by atoms with E-state index in [1.54, 1.807) is 22.2 Å². The summed E-state index contributed by atoms with van der Waals surface area (Å²) in [5.41, 5.74) is 1.31. The van der Waals surface area contributed by atoms with E-state index >= 15 is 0 Å². The summed E-state index contributed by atoms with van der Waals surface area (Å²) < 4.78 is 2.49. The first-order chi connectivity index (χ1) is 10.3. The minimum absolute atomic E-state index is 0.0137. The lowest BCUT2D eigenvalue weighted by atomic mass is 9.94. The van der Waals surface area contributed by atoms with E-state index in [1.807, 2.05) is 26.8 Å². The van der Waals surface area contributed by atoms with Crippen molar-refractivity contribution in [2.24, 2.45) is 0 Å². The van der Waals surface area contributed by atoms with Crippen LogP contribution in [0.3, 0.4) is 0 Å². The van der Waals surface area contributed by atoms with Crippen LogP contribution in [-0.2, 0) is 12.0 Å². The van der Waals surface area contributed by atoms with Crippen LogP contribution in [0.1, 0.15) is 60.6 Å². The maximum Gasteiger partial charge on any atom is 0.273 e. The zero-order chi connectivity index (χ0) is 15.9. The van der Waals surface area contributed by atoms with Gasteiger partial charge in [0.25, 0.3) is 5.91 Å². The van der Waals surface area contributed by atoms with Gasteiger partial charge in [-0.05, 0) is 51.7 Å². The predicted octanol–water partition coefficient (Wildman–Crippen LogP) is 3.56. The molecular weight excluding hydrogens is 320 g/mol. The molecule has 1 N–H and O–H groups in total. The van der Waals surface area contributed by atoms with Crippen molar-refractivity contribution in [2.45, 2.75) is 51.6 Å². The van der Waals surface area contributed by atoms with Crippen molar-refractivity contribution in [3.63, 3.8) is 0 Å². The molecule has 22 heavy (non-hydrogen) atoms. The topological polar surface area (TPSA) is 59.8 Å². The molecule has 1 unspecified atom stereocenters. The Morgan fingerprint density at radius 3 is 2.95 bits per heavy atom. The van der Waals surface area contributed by atoms with Gasteiger partial charge in [0.1, 0.15) is 0 Å². The van der Waals surface area contributed by atoms with Gasteiger partial charge >= 0.3 is 0 Å². The molecule has 0 aliphatic heterocycles. The van der Waals surface area contributed by atoms with Gasteiger partial charge in [0, 0.05) is 4.88 Å². The number of hydrogen-bond acceptors (Lipinski definition) is 4. The summed E-state index contributed by atoms with van der Waals surface area (Å²) in [7, 11) is 0. The minimum atomic E-state index is -0.190. The minimum Gasteiger partial charge on any atom is -0.344 e. The van der Waals surface area contributed by atoms with Crippen molar-refractivity contribution in [1.29, 1.82) is 0 Å². The summed E-state index contributed by atoms with van der Waals surface area (Å²) in [6.45, 7) is 6.05. The van der Waals surface area contributed by atoms with Gasteiger partial charge in [-0.2, -0.15) is 0 Å². The summed E-state index contributed by atoms with van der Waals surface area (Å²) in [5, 5.41) is 11.1. The smallest absolute Gasteiger partial charge is 0.273 e. The van der Waals surface area contributed by atoms with Gasteiger partial charge in [-0.1, -0.05) is 16.8 Å². The Morgan fingerprint density at radius 1 is 1.50 bits per heavy atom. The number of carbonyl (C=O) groups excluding carboxylic acids is 1. The highest BCUT2D eigenvalue weighted by atomic mass is 35.5. The Balaban J connectivity index is 1.76. The molecule has 0 saturated heterocycles. The van der Waals surface area contributed by atoms with E-state index in [-0.39, 0.29) is 17.5 Å². The van der Waals surface area contributed by atoms with E-state index in [0.29, 0.717) is 5.69 Å². The standard InChI is InChI=1S/C15H19ClN4OS/c1-15(2,3)20-8-11(18-19-20)14(21)17-10-5-4-6-12-9(10)7-13(16)22-12/h7-8,10H,4-6H2,1-3H3,(H,17,21). The van der Waals surface area contributed by atoms with Crippen LogP contribution in [-0.4, -0.2) is 20.9 Å². The van der Waals surface area contributed by atoms with Crippen LogP contribution in [0.25, 0.3) is 0 Å². The highest BCUT2D eigenvalue weighted by Crippen LogP contribution is 2.37. The molecule has 7 heteroatoms. The second kappa shape index (κ2) is 5.66. The van der Waals surface area contributed by atoms with E-state index in [2.05, 4.69) is 15.6 Å². The third-order valence-electron chi connectivity index (χ3n) is 3.80. The van der Waals surface area contributed by atoms with Gasteiger partial charge in [-0.3, -0.25) is 4.79 Å². The number of amides is 1. The number of thiophene rings is 1. The van der Waals surface area contributed by atoms with Crippen molar-refractivity contribution in [3.8, 4) is 0 Å². The van der Waals surface area contributed by atoms with Crippen molar-refractivity contribution in [3.05, 3.63) is 32.7 Å². The summed E-state index contributed by atoms with van der Waals surface area (Å²) in [6.07, 6.45) is 4.72. The van der Waals surface area contributed by atoms with Crippen LogP contribution in [0.4, 0.5) is 0 Å². The van der Waals surface area contributed by atoms with Crippen LogP contribution >= 0.6 is 22.9 Å². The number of carbonyl (C=O) groups is 1. The number of aromatic nitrogens is 3. The number of rotatable bonds is 2. The number of aryl methyl sites for hydroxylation is 1. The molecule has 0 spiro atoms. The van der Waals surface area contributed by atoms with Crippen molar-refractivity contribution < 1.29 is 4.79 Å². The molecule has 2 aromatic heterocycles. The van der Waals surface area contributed by atoms with E-state index in [0.717, 1.165) is 29.2 Å². The zero-order valence-electron chi connectivity index (χ0n) is 12.9. The van der Waals surface area contributed by atoms with Crippen LogP contribution in [0.2, 0.25) is 4.34 Å². The van der Waals surface area contributed by atoms with Gasteiger partial charge in [0.05, 0.1) is 22.1 Å². The van der Waals surface area contributed by atoms with E-state index in [9.17, 15) is 4.79 Å². The van der Waals surface area contributed by atoms with E-state index in [1.165, 1.54) is 4.88 Å². The van der Waals surface area contributed by atoms with Crippen LogP contribution in [0, 0.1) is 0 Å². The number of hydrogen-bond donors (Lipinski definition) is 1. The fraction of sp³-hybridized carbons (Fsp3) is 0.533. The molecule has 118 valence electrons. The molecule has 1 atom stereocenters. The molecule has 3 rings (SSSR count). The predicted molar refractivity (Wildman–Crippen MR) is 87.5 cm³/mol. The summed E-state index contributed by atoms with van der Waals surface area (Å²) in [4.78, 5) is 13.7. The van der Waals surface area contributed by atoms with Gasteiger partial charge in [-0.25, -0.2) is 4.68 Å². The number of nitrogens with one attached hydrogen (secondary N) is 1. The Bertz CT molecular complexity index is 701. The average molecular weight is 339 g/mol. The molecule has 5 nitrogen and oxygen atoms in total. The first-order valence-electron chi connectivity index (χ1n) is 7.36. The molecule has 0 aromatic carbocycles. The second-order valence-electron chi connectivity index (χ2n) is 6.57. The monoisotopic (exact) mass is 338 g/mol. The van der Waals surface area contributed by atoms with Crippen LogP contribution in [0.15, 0.2) is 12.3 Å². The molecule has 1 aliphatic rings. The largest absolute Gasteiger partial charge is 0.344 e. The second-order valence-corrected chi connectivity index (χ2v) is 8.33. The average Bonchev–Trinajstić information content (AvgIpc) is 3.03. The lowest BCUT2D eigenvalue weighted by molar-refractivity contribution is 0.0927. The lowest BCUT2D eigenvalue weighted by Gasteiger charge is -2.23. The molecule has 2 aromatic rings. The van der Waals surface area contributed by atoms with Crippen molar-refractivity contribution >= 4 is 28.8 Å². The van der Waals surface area contributed by atoms with E-state index < -0.39 is 0 Å². The number of halogens is 1. The van der Waals surface area contributed by atoms with Gasteiger partial charge in [-0.15, -0.1) is 16.4 Å². The molecule has 2 heterocycles. The molecule has 0 fully saturated rings. The third kappa shape index (κ3) is 3.03. The first kappa shape index (κ1) is 15.5. The Hall–Kier alpha value is -1.40. The molecule has 0 bridgehead atoms. The van der Waals surface area contributed by atoms with Gasteiger partial charge in [0.15, 0.2) is 5.69 Å². The Kier molecular flexibility index (Phi) is 3.99. The Morgan fingerprint density at radius 2 is 2.27 bits per heavy atom. The molecule has 1 amide bonds. The fourth-order valence-corrected chi connectivity index (χ4v) is 3.98. The van der Waals surface area contributed by atoms with Crippen molar-refractivity contribution in [1.82, 2.24) is 20.3 Å². The molecule has 0 saturated carbocycles. The number of fused-ring (bicyclic) bond motifs is 1. The SMILES string of the molecule is CC(C)(C)n1cc(C(=O)NC2CCCc3sc(Cl)cc32)nn1. The first-order valence-corrected chi connectivity index (χ1v) is 8.56. The fourth-order valence-electron chi connectivity index (χ4n) is 2.60. The summed E-state index contributed by atoms with van der Waals surface area (Å²) in [6, 6.07) is 1.98. The highest BCUT2D eigenvalue weighted by Gasteiger charge is 2.26. The molecule has 0 radical (unpaired) electrons. The highest BCUT2D eigenvalue weighted by molar-refractivity contribution is 7.16. The van der Waals surface area contributed by atoms with Gasteiger partial charge in [0.2, 0.25) is 0 Å². The van der Waals surface area contributed by atoms with Gasteiger partial charge < -0.3 is 5.32 Å². The maximum atomic E-state index is 12.4. The molecule has 1 aliphatic carbocycles. The number of nitrogens with zero attached hydrogens (tertiary/aromatic N) is 3. The molecular formula is C15H19ClN4OS. The third-order valence-corrected chi connectivity index (χ3v) is 5.14. The maximum absolute atomic E-state index is 12.4. The Labute approximate surface area is 138 Å². The quantitative estimate of drug-likeness (QED) is 0.910. The summed E-state index contributed by atoms with van der Waals surface area (Å²) in [5.74, 6) is -0.185. The van der Waals surface area contributed by atoms with Crippen LogP contribution in [0.5, 0.6) is 0 Å². The zero-order valence-corrected chi connectivity index (χ0v) is 14.5. The van der Waals surface area contributed by atoms with E-state index in [4.69, 9.17) is 11.6 Å². The summed E-state index contributed by atoms with van der Waals surface area (Å²) >= 11 is 7.71. The van der Waals surface area contributed by atoms with Crippen molar-refractivity contribution in [2.75, 3.05) is 0 Å².